The molecule has 0 aromatic rings. The van der Waals surface area contributed by atoms with Crippen LogP contribution in [0.25, 0.3) is 0 Å². The van der Waals surface area contributed by atoms with Gasteiger partial charge < -0.3 is 14.7 Å². The van der Waals surface area contributed by atoms with Crippen LogP contribution in [0.1, 0.15) is 38.5 Å². The van der Waals surface area contributed by atoms with Crippen molar-refractivity contribution in [2.75, 3.05) is 32.8 Å². The van der Waals surface area contributed by atoms with Gasteiger partial charge in [0.2, 0.25) is 0 Å². The van der Waals surface area contributed by atoms with E-state index in [9.17, 15) is 0 Å². The number of aliphatic hydroxyl groups is 1. The summed E-state index contributed by atoms with van der Waals surface area (Å²) in [5.74, 6) is 0. The van der Waals surface area contributed by atoms with E-state index < -0.39 is 0 Å². The highest BCUT2D eigenvalue weighted by Crippen LogP contribution is 2.14. The normalized spacial score (nSPS) is 18.4. The zero-order valence-electron chi connectivity index (χ0n) is 10.9. The van der Waals surface area contributed by atoms with Gasteiger partial charge in [-0.2, -0.15) is 0 Å². The lowest BCUT2D eigenvalue weighted by atomic mass is 10.1. The summed E-state index contributed by atoms with van der Waals surface area (Å²) in [4.78, 5) is 2.53. The third kappa shape index (κ3) is 6.81. The van der Waals surface area contributed by atoms with Crippen molar-refractivity contribution >= 4 is 0 Å². The lowest BCUT2D eigenvalue weighted by Gasteiger charge is -2.31. The number of aliphatic hydroxyl groups excluding tert-OH is 1. The lowest BCUT2D eigenvalue weighted by Crippen LogP contribution is -2.37. The molecule has 0 bridgehead atoms. The molecule has 17 heavy (non-hydrogen) atoms. The summed E-state index contributed by atoms with van der Waals surface area (Å²) in [6, 6.07) is 0. The van der Waals surface area contributed by atoms with E-state index in [1.807, 2.05) is 6.08 Å². The molecule has 0 aromatic carbocycles. The number of likely N-dealkylation sites (tertiary alicyclic amines) is 1. The maximum absolute atomic E-state index is 8.69. The fourth-order valence-corrected chi connectivity index (χ4v) is 2.32. The van der Waals surface area contributed by atoms with Crippen molar-refractivity contribution in [2.45, 2.75) is 44.6 Å². The molecule has 1 rings (SSSR count). The quantitative estimate of drug-likeness (QED) is 0.496. The van der Waals surface area contributed by atoms with Gasteiger partial charge in [-0.15, -0.1) is 6.58 Å². The molecule has 1 fully saturated rings. The Morgan fingerprint density at radius 1 is 1.24 bits per heavy atom. The van der Waals surface area contributed by atoms with E-state index in [1.54, 1.807) is 0 Å². The molecule has 0 amide bonds. The molecule has 0 saturated carbocycles. The van der Waals surface area contributed by atoms with Gasteiger partial charge in [0.25, 0.3) is 0 Å². The molecule has 1 heterocycles. The monoisotopic (exact) mass is 241 g/mol. The molecule has 0 aliphatic carbocycles. The van der Waals surface area contributed by atoms with E-state index in [1.165, 1.54) is 25.8 Å². The van der Waals surface area contributed by atoms with E-state index >= 15 is 0 Å². The molecule has 100 valence electrons. The van der Waals surface area contributed by atoms with Crippen molar-refractivity contribution in [2.24, 2.45) is 0 Å². The minimum Gasteiger partial charge on any atom is -0.394 e. The first kappa shape index (κ1) is 14.7. The fourth-order valence-electron chi connectivity index (χ4n) is 2.32. The summed E-state index contributed by atoms with van der Waals surface area (Å²) in [7, 11) is 0. The Labute approximate surface area is 105 Å². The van der Waals surface area contributed by atoms with Crippen molar-refractivity contribution in [3.05, 3.63) is 12.7 Å². The second kappa shape index (κ2) is 9.63. The molecule has 1 aliphatic rings. The number of allylic oxidation sites excluding steroid dienone is 1. The summed E-state index contributed by atoms with van der Waals surface area (Å²) in [5, 5.41) is 8.69. The van der Waals surface area contributed by atoms with Gasteiger partial charge in [0.05, 0.1) is 19.3 Å². The highest BCUT2D eigenvalue weighted by Gasteiger charge is 2.18. The van der Waals surface area contributed by atoms with Crippen LogP contribution >= 0.6 is 0 Å². The molecule has 0 atom stereocenters. The van der Waals surface area contributed by atoms with E-state index in [4.69, 9.17) is 9.84 Å². The van der Waals surface area contributed by atoms with E-state index in [-0.39, 0.29) is 6.61 Å². The van der Waals surface area contributed by atoms with Crippen LogP contribution < -0.4 is 0 Å². The highest BCUT2D eigenvalue weighted by atomic mass is 16.5. The Morgan fingerprint density at radius 2 is 2.00 bits per heavy atom. The number of ether oxygens (including phenoxy) is 1. The predicted molar refractivity (Wildman–Crippen MR) is 71.2 cm³/mol. The summed E-state index contributed by atoms with van der Waals surface area (Å²) in [5.41, 5.74) is 0. The molecule has 0 radical (unpaired) electrons. The van der Waals surface area contributed by atoms with Gasteiger partial charge in [0.1, 0.15) is 0 Å². The molecule has 0 aromatic heterocycles. The average molecular weight is 241 g/mol. The number of hydrogen-bond acceptors (Lipinski definition) is 3. The van der Waals surface area contributed by atoms with Gasteiger partial charge in [-0.1, -0.05) is 12.5 Å². The lowest BCUT2D eigenvalue weighted by molar-refractivity contribution is -0.00787. The average Bonchev–Trinajstić information content (AvgIpc) is 2.37. The van der Waals surface area contributed by atoms with Gasteiger partial charge in [-0.25, -0.2) is 0 Å². The van der Waals surface area contributed by atoms with E-state index in [2.05, 4.69) is 11.5 Å². The maximum Gasteiger partial charge on any atom is 0.0701 e. The number of piperidine rings is 1. The molecule has 1 aliphatic heterocycles. The van der Waals surface area contributed by atoms with Gasteiger partial charge in [-0.3, -0.25) is 0 Å². The first-order valence-corrected chi connectivity index (χ1v) is 6.92. The van der Waals surface area contributed by atoms with Gasteiger partial charge in [0, 0.05) is 13.1 Å². The second-order valence-corrected chi connectivity index (χ2v) is 4.77. The minimum absolute atomic E-state index is 0.142. The highest BCUT2D eigenvalue weighted by molar-refractivity contribution is 4.72. The zero-order chi connectivity index (χ0) is 12.3. The van der Waals surface area contributed by atoms with Crippen LogP contribution in [0.2, 0.25) is 0 Å². The second-order valence-electron chi connectivity index (χ2n) is 4.77. The number of hydrogen-bond donors (Lipinski definition) is 1. The Kier molecular flexibility index (Phi) is 8.32. The van der Waals surface area contributed by atoms with Crippen molar-refractivity contribution < 1.29 is 9.84 Å². The minimum atomic E-state index is 0.142. The maximum atomic E-state index is 8.69. The summed E-state index contributed by atoms with van der Waals surface area (Å²) in [6.45, 7) is 7.90. The van der Waals surface area contributed by atoms with Crippen LogP contribution in [0.4, 0.5) is 0 Å². The standard InChI is InChI=1S/C14H27NO2/c1-2-3-4-5-6-9-15-10-7-14(8-11-15)17-13-12-16/h2,14,16H,1,3-13H2. The smallest absolute Gasteiger partial charge is 0.0701 e. The summed E-state index contributed by atoms with van der Waals surface area (Å²) in [6.07, 6.45) is 9.65. The Morgan fingerprint density at radius 3 is 2.65 bits per heavy atom. The molecular weight excluding hydrogens is 214 g/mol. The largest absolute Gasteiger partial charge is 0.394 e. The van der Waals surface area contributed by atoms with Crippen LogP contribution in [0, 0.1) is 0 Å². The van der Waals surface area contributed by atoms with Crippen molar-refractivity contribution in [1.82, 2.24) is 4.90 Å². The van der Waals surface area contributed by atoms with Crippen LogP contribution in [0.3, 0.4) is 0 Å². The molecule has 3 nitrogen and oxygen atoms in total. The molecule has 0 unspecified atom stereocenters. The third-order valence-corrected chi connectivity index (χ3v) is 3.36. The number of rotatable bonds is 9. The topological polar surface area (TPSA) is 32.7 Å². The number of unbranched alkanes of at least 4 members (excludes halogenated alkanes) is 3. The van der Waals surface area contributed by atoms with Crippen LogP contribution in [-0.4, -0.2) is 49.0 Å². The van der Waals surface area contributed by atoms with Crippen molar-refractivity contribution in [1.29, 1.82) is 0 Å². The third-order valence-electron chi connectivity index (χ3n) is 3.36. The van der Waals surface area contributed by atoms with E-state index in [0.717, 1.165) is 32.4 Å². The SMILES string of the molecule is C=CCCCCCN1CCC(OCCO)CC1. The van der Waals surface area contributed by atoms with Gasteiger partial charge in [-0.05, 0) is 38.6 Å². The Hall–Kier alpha value is -0.380. The van der Waals surface area contributed by atoms with Gasteiger partial charge in [0.15, 0.2) is 0 Å². The van der Waals surface area contributed by atoms with Crippen LogP contribution in [0.5, 0.6) is 0 Å². The van der Waals surface area contributed by atoms with Crippen LogP contribution in [-0.2, 0) is 4.74 Å². The first-order valence-electron chi connectivity index (χ1n) is 6.92. The predicted octanol–water partition coefficient (Wildman–Crippen LogP) is 2.21. The van der Waals surface area contributed by atoms with Crippen molar-refractivity contribution in [3.63, 3.8) is 0 Å². The summed E-state index contributed by atoms with van der Waals surface area (Å²) < 4.78 is 5.55. The van der Waals surface area contributed by atoms with E-state index in [0.29, 0.717) is 12.7 Å². The molecule has 3 heteroatoms. The molecule has 1 saturated heterocycles. The molecule has 0 spiro atoms. The zero-order valence-corrected chi connectivity index (χ0v) is 10.9. The summed E-state index contributed by atoms with van der Waals surface area (Å²) >= 11 is 0. The molecular formula is C14H27NO2. The Balaban J connectivity index is 1.97. The van der Waals surface area contributed by atoms with Crippen molar-refractivity contribution in [3.8, 4) is 0 Å². The molecule has 1 N–H and O–H groups in total. The number of nitrogens with zero attached hydrogens (tertiary/aromatic N) is 1. The fraction of sp³-hybridized carbons (Fsp3) is 0.857. The van der Waals surface area contributed by atoms with Gasteiger partial charge >= 0.3 is 0 Å². The van der Waals surface area contributed by atoms with Crippen LogP contribution in [0.15, 0.2) is 12.7 Å². The first-order chi connectivity index (χ1) is 8.36. The Bertz CT molecular complexity index is 189.